The fourth-order valence-corrected chi connectivity index (χ4v) is 2.44. The Hall–Kier alpha value is -1.44. The molecule has 0 unspecified atom stereocenters. The molecule has 1 heterocycles. The van der Waals surface area contributed by atoms with Crippen molar-refractivity contribution in [1.82, 2.24) is 10.3 Å². The predicted octanol–water partition coefficient (Wildman–Crippen LogP) is 2.65. The third-order valence-corrected chi connectivity index (χ3v) is 3.70. The number of nitrogens with one attached hydrogen (secondary N) is 1. The van der Waals surface area contributed by atoms with Crippen LogP contribution in [0.25, 0.3) is 0 Å². The van der Waals surface area contributed by atoms with Crippen LogP contribution in [0.3, 0.4) is 0 Å². The van der Waals surface area contributed by atoms with E-state index in [1.165, 1.54) is 12.3 Å². The van der Waals surface area contributed by atoms with Crippen LogP contribution in [-0.4, -0.2) is 39.6 Å². The van der Waals surface area contributed by atoms with E-state index in [2.05, 4.69) is 26.2 Å². The summed E-state index contributed by atoms with van der Waals surface area (Å²) >= 11 is 9.03. The lowest BCUT2D eigenvalue weighted by Crippen LogP contribution is -2.31. The van der Waals surface area contributed by atoms with Crippen molar-refractivity contribution in [3.05, 3.63) is 39.2 Å². The maximum atomic E-state index is 12.4. The molecule has 0 bridgehead atoms. The van der Waals surface area contributed by atoms with Gasteiger partial charge in [0.15, 0.2) is 0 Å². The summed E-state index contributed by atoms with van der Waals surface area (Å²) in [6, 6.07) is 1.07. The molecule has 6 nitrogen and oxygen atoms in total. The van der Waals surface area contributed by atoms with Crippen LogP contribution in [0, 0.1) is 5.92 Å². The molecular formula is C15H18BrClN2O4. The fourth-order valence-electron chi connectivity index (χ4n) is 1.92. The van der Waals surface area contributed by atoms with Crippen LogP contribution >= 0.6 is 27.5 Å². The van der Waals surface area contributed by atoms with Gasteiger partial charge in [0, 0.05) is 22.9 Å². The molecule has 0 radical (unpaired) electrons. The average Bonchev–Trinajstić information content (AvgIpc) is 2.47. The van der Waals surface area contributed by atoms with E-state index in [0.717, 1.165) is 6.20 Å². The van der Waals surface area contributed by atoms with Crippen LogP contribution in [0.5, 0.6) is 0 Å². The summed E-state index contributed by atoms with van der Waals surface area (Å²) in [5.41, 5.74) is -0.491. The number of aliphatic hydroxyl groups is 1. The summed E-state index contributed by atoms with van der Waals surface area (Å²) in [5, 5.41) is 21.3. The first kappa shape index (κ1) is 19.6. The van der Waals surface area contributed by atoms with E-state index in [-0.39, 0.29) is 23.4 Å². The van der Waals surface area contributed by atoms with Crippen molar-refractivity contribution in [3.8, 4) is 0 Å². The first-order valence-corrected chi connectivity index (χ1v) is 8.09. The Morgan fingerprint density at radius 1 is 1.48 bits per heavy atom. The number of aliphatic hydroxyl groups excluding tert-OH is 1. The summed E-state index contributed by atoms with van der Waals surface area (Å²) in [4.78, 5) is 27.6. The van der Waals surface area contributed by atoms with Gasteiger partial charge in [-0.25, -0.2) is 9.78 Å². The number of aromatic nitrogens is 1. The molecule has 0 saturated heterocycles. The molecule has 3 N–H and O–H groups in total. The topological polar surface area (TPSA) is 99.5 Å². The van der Waals surface area contributed by atoms with Gasteiger partial charge in [-0.2, -0.15) is 0 Å². The number of carboxylic acid groups (broad SMARTS) is 1. The number of hydrogen-bond donors (Lipinski definition) is 3. The van der Waals surface area contributed by atoms with Crippen LogP contribution in [-0.2, 0) is 4.79 Å². The Kier molecular flexibility index (Phi) is 7.67. The molecule has 126 valence electrons. The number of rotatable bonds is 8. The number of carbonyl (C=O) groups excluding carboxylic acids is 1. The maximum absolute atomic E-state index is 12.4. The number of carbonyl (C=O) groups is 2. The molecule has 1 aromatic rings. The van der Waals surface area contributed by atoms with Crippen molar-refractivity contribution < 1.29 is 19.8 Å². The van der Waals surface area contributed by atoms with E-state index >= 15 is 0 Å². The number of ketones is 1. The lowest BCUT2D eigenvalue weighted by Gasteiger charge is -2.17. The Labute approximate surface area is 147 Å². The van der Waals surface area contributed by atoms with Crippen LogP contribution < -0.4 is 5.32 Å². The van der Waals surface area contributed by atoms with Gasteiger partial charge in [-0.3, -0.25) is 4.79 Å². The Bertz CT molecular complexity index is 619. The van der Waals surface area contributed by atoms with Gasteiger partial charge < -0.3 is 15.5 Å². The first-order valence-electron chi connectivity index (χ1n) is 6.92. The summed E-state index contributed by atoms with van der Waals surface area (Å²) in [6.07, 6.45) is 3.14. The molecule has 0 spiro atoms. The molecule has 23 heavy (non-hydrogen) atoms. The smallest absolute Gasteiger partial charge is 0.341 e. The zero-order valence-electron chi connectivity index (χ0n) is 12.7. The van der Waals surface area contributed by atoms with Crippen molar-refractivity contribution in [2.75, 3.05) is 6.61 Å². The third kappa shape index (κ3) is 5.93. The normalized spacial score (nSPS) is 13.0. The molecule has 0 aromatic carbocycles. The monoisotopic (exact) mass is 404 g/mol. The van der Waals surface area contributed by atoms with Gasteiger partial charge >= 0.3 is 5.97 Å². The molecule has 0 aliphatic carbocycles. The quantitative estimate of drug-likeness (QED) is 0.202. The zero-order chi connectivity index (χ0) is 17.6. The van der Waals surface area contributed by atoms with Gasteiger partial charge in [0.05, 0.1) is 12.2 Å². The highest BCUT2D eigenvalue weighted by Gasteiger charge is 2.23. The molecule has 0 saturated carbocycles. The summed E-state index contributed by atoms with van der Waals surface area (Å²) in [7, 11) is 0. The van der Waals surface area contributed by atoms with Gasteiger partial charge in [0.2, 0.25) is 5.78 Å². The van der Waals surface area contributed by atoms with E-state index in [0.29, 0.717) is 16.8 Å². The number of hydrogen-bond acceptors (Lipinski definition) is 5. The molecular weight excluding hydrogens is 388 g/mol. The molecule has 0 amide bonds. The van der Waals surface area contributed by atoms with Crippen molar-refractivity contribution in [2.24, 2.45) is 5.92 Å². The summed E-state index contributed by atoms with van der Waals surface area (Å²) in [6.45, 7) is 3.78. The highest BCUT2D eigenvalue weighted by atomic mass is 79.9. The van der Waals surface area contributed by atoms with Gasteiger partial charge in [-0.15, -0.1) is 0 Å². The second-order valence-corrected chi connectivity index (χ2v) is 6.63. The van der Waals surface area contributed by atoms with E-state index in [4.69, 9.17) is 11.6 Å². The van der Waals surface area contributed by atoms with E-state index in [1.54, 1.807) is 0 Å². The largest absolute Gasteiger partial charge is 0.477 e. The second kappa shape index (κ2) is 9.00. The molecule has 1 rings (SSSR count). The fraction of sp³-hybridized carbons (Fsp3) is 0.400. The molecule has 1 aromatic heterocycles. The SMILES string of the molecule is CC(C)C[C@@H](CO)N/C=C(\C(=O)O)C(=O)c1cc(Br)cnc1Cl. The van der Waals surface area contributed by atoms with Crippen LogP contribution in [0.4, 0.5) is 0 Å². The third-order valence-electron chi connectivity index (χ3n) is 2.97. The lowest BCUT2D eigenvalue weighted by molar-refractivity contribution is -0.132. The van der Waals surface area contributed by atoms with Crippen LogP contribution in [0.2, 0.25) is 5.15 Å². The van der Waals surface area contributed by atoms with Gasteiger partial charge in [-0.1, -0.05) is 25.4 Å². The number of aliphatic carboxylic acids is 1. The van der Waals surface area contributed by atoms with E-state index < -0.39 is 17.3 Å². The standard InChI is InChI=1S/C15H18BrClN2O4/c1-8(2)3-10(7-20)18-6-12(15(22)23)13(21)11-4-9(16)5-19-14(11)17/h4-6,8,10,18,20H,3,7H2,1-2H3,(H,22,23)/b12-6-/t10-/m0/s1. The van der Waals surface area contributed by atoms with Crippen molar-refractivity contribution in [1.29, 1.82) is 0 Å². The lowest BCUT2D eigenvalue weighted by atomic mass is 10.0. The van der Waals surface area contributed by atoms with Crippen molar-refractivity contribution in [2.45, 2.75) is 26.3 Å². The zero-order valence-corrected chi connectivity index (χ0v) is 15.1. The highest BCUT2D eigenvalue weighted by molar-refractivity contribution is 9.10. The Morgan fingerprint density at radius 2 is 2.13 bits per heavy atom. The molecule has 1 atom stereocenters. The number of Topliss-reactive ketones (excluding diaryl/α,β-unsaturated/α-hetero) is 1. The Morgan fingerprint density at radius 3 is 2.65 bits per heavy atom. The average molecular weight is 406 g/mol. The van der Waals surface area contributed by atoms with Gasteiger partial charge in [0.1, 0.15) is 10.7 Å². The molecule has 0 aliphatic rings. The maximum Gasteiger partial charge on any atom is 0.341 e. The van der Waals surface area contributed by atoms with Crippen molar-refractivity contribution >= 4 is 39.3 Å². The minimum atomic E-state index is -1.39. The van der Waals surface area contributed by atoms with Crippen LogP contribution in [0.15, 0.2) is 28.5 Å². The summed E-state index contributed by atoms with van der Waals surface area (Å²) < 4.78 is 0.510. The van der Waals surface area contributed by atoms with Crippen LogP contribution in [0.1, 0.15) is 30.6 Å². The molecule has 8 heteroatoms. The minimum Gasteiger partial charge on any atom is -0.477 e. The number of nitrogens with zero attached hydrogens (tertiary/aromatic N) is 1. The first-order chi connectivity index (χ1) is 10.8. The van der Waals surface area contributed by atoms with E-state index in [9.17, 15) is 19.8 Å². The number of halogens is 2. The molecule has 0 aliphatic heterocycles. The summed E-state index contributed by atoms with van der Waals surface area (Å²) in [5.74, 6) is -1.84. The van der Waals surface area contributed by atoms with Gasteiger partial charge in [-0.05, 0) is 34.3 Å². The number of pyridine rings is 1. The number of carboxylic acids is 1. The minimum absolute atomic E-state index is 0.0131. The van der Waals surface area contributed by atoms with Gasteiger partial charge in [0.25, 0.3) is 0 Å². The predicted molar refractivity (Wildman–Crippen MR) is 90.5 cm³/mol. The molecule has 0 fully saturated rings. The Balaban J connectivity index is 3.06. The highest BCUT2D eigenvalue weighted by Crippen LogP contribution is 2.21. The van der Waals surface area contributed by atoms with E-state index in [1.807, 2.05) is 13.8 Å². The second-order valence-electron chi connectivity index (χ2n) is 5.36. The van der Waals surface area contributed by atoms with Crippen molar-refractivity contribution in [3.63, 3.8) is 0 Å².